The number of rotatable bonds is 5. The number of nitrogens with zero attached hydrogens (tertiary/aromatic N) is 3. The third-order valence-electron chi connectivity index (χ3n) is 4.13. The lowest BCUT2D eigenvalue weighted by molar-refractivity contribution is -0.384. The monoisotopic (exact) mass is 396 g/mol. The first-order valence-electron chi connectivity index (χ1n) is 8.50. The van der Waals surface area contributed by atoms with E-state index >= 15 is 0 Å². The fourth-order valence-electron chi connectivity index (χ4n) is 2.66. The fourth-order valence-corrected chi connectivity index (χ4v) is 2.66. The average molecular weight is 396 g/mol. The van der Waals surface area contributed by atoms with Crippen LogP contribution in [0.3, 0.4) is 0 Å². The molecule has 3 aromatic rings. The van der Waals surface area contributed by atoms with Crippen molar-refractivity contribution >= 4 is 34.0 Å². The van der Waals surface area contributed by atoms with Gasteiger partial charge < -0.3 is 10.1 Å². The molecular weight excluding hydrogens is 380 g/mol. The van der Waals surface area contributed by atoms with Gasteiger partial charge in [0.1, 0.15) is 0 Å². The van der Waals surface area contributed by atoms with E-state index in [4.69, 9.17) is 4.74 Å². The molecule has 0 fully saturated rings. The van der Waals surface area contributed by atoms with Crippen LogP contribution in [0.15, 0.2) is 53.3 Å². The molecule has 29 heavy (non-hydrogen) atoms. The maximum atomic E-state index is 12.6. The van der Waals surface area contributed by atoms with Gasteiger partial charge in [-0.3, -0.25) is 19.7 Å². The molecule has 0 bridgehead atoms. The summed E-state index contributed by atoms with van der Waals surface area (Å²) in [7, 11) is 1.41. The van der Waals surface area contributed by atoms with E-state index in [0.717, 1.165) is 4.68 Å². The number of hydrogen-bond donors (Lipinski definition) is 1. The van der Waals surface area contributed by atoms with E-state index in [1.165, 1.54) is 38.2 Å². The Labute approximate surface area is 163 Å². The third-order valence-corrected chi connectivity index (χ3v) is 4.13. The molecule has 0 aliphatic carbocycles. The summed E-state index contributed by atoms with van der Waals surface area (Å²) in [5.41, 5.74) is -0.461. The number of aryl methyl sites for hydroxylation is 1. The number of esters is 1. The summed E-state index contributed by atoms with van der Waals surface area (Å²) in [6.07, 6.45) is -1.21. The van der Waals surface area contributed by atoms with Gasteiger partial charge >= 0.3 is 5.97 Å². The molecular formula is C19H16N4O6. The number of aromatic nitrogens is 2. The maximum absolute atomic E-state index is 12.6. The minimum atomic E-state index is -1.21. The highest BCUT2D eigenvalue weighted by atomic mass is 16.6. The molecule has 1 heterocycles. The standard InChI is InChI=1S/C19H16N4O6/c1-11(17(24)20-12-6-5-7-13(10-12)23(27)28)29-19(26)16-14-8-3-4-9-15(14)18(25)22(2)21-16/h3-11H,1-2H3,(H,20,24)/t11-/m1/s1. The number of amides is 1. The highest BCUT2D eigenvalue weighted by Gasteiger charge is 2.23. The topological polar surface area (TPSA) is 133 Å². The summed E-state index contributed by atoms with van der Waals surface area (Å²) >= 11 is 0. The van der Waals surface area contributed by atoms with E-state index in [1.807, 2.05) is 0 Å². The zero-order valence-corrected chi connectivity index (χ0v) is 15.5. The van der Waals surface area contributed by atoms with Gasteiger partial charge in [-0.1, -0.05) is 24.3 Å². The number of hydrogen-bond acceptors (Lipinski definition) is 7. The van der Waals surface area contributed by atoms with Crippen LogP contribution in [0, 0.1) is 10.1 Å². The highest BCUT2D eigenvalue weighted by Crippen LogP contribution is 2.18. The van der Waals surface area contributed by atoms with Gasteiger partial charge in [-0.05, 0) is 19.1 Å². The summed E-state index contributed by atoms with van der Waals surface area (Å²) in [5, 5.41) is 17.8. The number of ether oxygens (including phenoxy) is 1. The number of anilines is 1. The van der Waals surface area contributed by atoms with Gasteiger partial charge in [0.2, 0.25) is 0 Å². The molecule has 1 atom stereocenters. The van der Waals surface area contributed by atoms with Gasteiger partial charge in [-0.25, -0.2) is 9.48 Å². The zero-order chi connectivity index (χ0) is 21.1. The van der Waals surface area contributed by atoms with E-state index in [0.29, 0.717) is 10.8 Å². The van der Waals surface area contributed by atoms with Crippen molar-refractivity contribution in [3.05, 3.63) is 74.7 Å². The molecule has 0 saturated heterocycles. The Bertz CT molecular complexity index is 1190. The van der Waals surface area contributed by atoms with Crippen molar-refractivity contribution in [1.29, 1.82) is 0 Å². The average Bonchev–Trinajstić information content (AvgIpc) is 2.70. The Balaban J connectivity index is 1.79. The first kappa shape index (κ1) is 19.7. The molecule has 0 saturated carbocycles. The zero-order valence-electron chi connectivity index (χ0n) is 15.5. The molecule has 1 aromatic heterocycles. The van der Waals surface area contributed by atoms with Crippen molar-refractivity contribution in [3.63, 3.8) is 0 Å². The summed E-state index contributed by atoms with van der Waals surface area (Å²) in [6.45, 7) is 1.36. The highest BCUT2D eigenvalue weighted by molar-refractivity contribution is 6.03. The summed E-state index contributed by atoms with van der Waals surface area (Å²) < 4.78 is 6.21. The molecule has 1 amide bonds. The normalized spacial score (nSPS) is 11.7. The molecule has 10 nitrogen and oxygen atoms in total. The number of benzene rings is 2. The van der Waals surface area contributed by atoms with E-state index in [2.05, 4.69) is 10.4 Å². The molecule has 0 radical (unpaired) electrons. The van der Waals surface area contributed by atoms with E-state index in [1.54, 1.807) is 24.3 Å². The molecule has 0 aliphatic heterocycles. The Morgan fingerprint density at radius 1 is 1.17 bits per heavy atom. The van der Waals surface area contributed by atoms with Crippen LogP contribution in [0.25, 0.3) is 10.8 Å². The first-order chi connectivity index (χ1) is 13.8. The number of carbonyl (C=O) groups excluding carboxylic acids is 2. The fraction of sp³-hybridized carbons (Fsp3) is 0.158. The molecule has 0 unspecified atom stereocenters. The lowest BCUT2D eigenvalue weighted by atomic mass is 10.1. The molecule has 10 heteroatoms. The second kappa shape index (κ2) is 7.89. The Hall–Kier alpha value is -4.08. The van der Waals surface area contributed by atoms with Crippen molar-refractivity contribution in [2.75, 3.05) is 5.32 Å². The van der Waals surface area contributed by atoms with Gasteiger partial charge in [0, 0.05) is 30.3 Å². The molecule has 0 aliphatic rings. The lowest BCUT2D eigenvalue weighted by Gasteiger charge is -2.14. The summed E-state index contributed by atoms with van der Waals surface area (Å²) in [4.78, 5) is 47.3. The largest absolute Gasteiger partial charge is 0.448 e. The van der Waals surface area contributed by atoms with Crippen LogP contribution in [0.2, 0.25) is 0 Å². The first-order valence-corrected chi connectivity index (χ1v) is 8.50. The summed E-state index contributed by atoms with van der Waals surface area (Å²) in [5.74, 6) is -1.55. The Morgan fingerprint density at radius 2 is 1.86 bits per heavy atom. The molecule has 0 spiro atoms. The predicted octanol–water partition coefficient (Wildman–Crippen LogP) is 2.03. The van der Waals surface area contributed by atoms with Crippen LogP contribution in [0.1, 0.15) is 17.4 Å². The smallest absolute Gasteiger partial charge is 0.360 e. The Morgan fingerprint density at radius 3 is 2.55 bits per heavy atom. The van der Waals surface area contributed by atoms with Gasteiger partial charge in [0.15, 0.2) is 11.8 Å². The van der Waals surface area contributed by atoms with Crippen molar-refractivity contribution in [2.24, 2.45) is 7.05 Å². The minimum Gasteiger partial charge on any atom is -0.448 e. The number of non-ortho nitro benzene ring substituents is 1. The van der Waals surface area contributed by atoms with Gasteiger partial charge in [-0.2, -0.15) is 5.10 Å². The predicted molar refractivity (Wildman–Crippen MR) is 104 cm³/mol. The van der Waals surface area contributed by atoms with Crippen LogP contribution in [-0.4, -0.2) is 32.7 Å². The van der Waals surface area contributed by atoms with Crippen LogP contribution in [0.4, 0.5) is 11.4 Å². The second-order valence-corrected chi connectivity index (χ2v) is 6.17. The van der Waals surface area contributed by atoms with Crippen LogP contribution < -0.4 is 10.9 Å². The number of nitro groups is 1. The molecule has 1 N–H and O–H groups in total. The lowest BCUT2D eigenvalue weighted by Crippen LogP contribution is -2.31. The summed E-state index contributed by atoms with van der Waals surface area (Å²) in [6, 6.07) is 11.8. The van der Waals surface area contributed by atoms with Gasteiger partial charge in [0.05, 0.1) is 10.3 Å². The van der Waals surface area contributed by atoms with Crippen LogP contribution >= 0.6 is 0 Å². The van der Waals surface area contributed by atoms with Gasteiger partial charge in [-0.15, -0.1) is 0 Å². The quantitative estimate of drug-likeness (QED) is 0.396. The number of fused-ring (bicyclic) bond motifs is 1. The number of nitro benzene ring substituents is 1. The Kier molecular flexibility index (Phi) is 5.35. The van der Waals surface area contributed by atoms with Crippen molar-refractivity contribution in [1.82, 2.24) is 9.78 Å². The SMILES string of the molecule is C[C@@H](OC(=O)c1nn(C)c(=O)c2ccccc12)C(=O)Nc1cccc([N+](=O)[O-])c1. The van der Waals surface area contributed by atoms with Crippen LogP contribution in [0.5, 0.6) is 0 Å². The molecule has 148 valence electrons. The van der Waals surface area contributed by atoms with Crippen molar-refractivity contribution in [2.45, 2.75) is 13.0 Å². The van der Waals surface area contributed by atoms with Crippen molar-refractivity contribution < 1.29 is 19.2 Å². The molecule has 2 aromatic carbocycles. The molecule has 3 rings (SSSR count). The van der Waals surface area contributed by atoms with E-state index < -0.39 is 22.9 Å². The minimum absolute atomic E-state index is 0.0994. The van der Waals surface area contributed by atoms with E-state index in [-0.39, 0.29) is 22.6 Å². The van der Waals surface area contributed by atoms with Crippen molar-refractivity contribution in [3.8, 4) is 0 Å². The van der Waals surface area contributed by atoms with Gasteiger partial charge in [0.25, 0.3) is 17.2 Å². The van der Waals surface area contributed by atoms with Crippen LogP contribution in [-0.2, 0) is 16.6 Å². The number of carbonyl (C=O) groups is 2. The van der Waals surface area contributed by atoms with E-state index in [9.17, 15) is 24.5 Å². The second-order valence-electron chi connectivity index (χ2n) is 6.17. The third kappa shape index (κ3) is 4.10. The number of nitrogens with one attached hydrogen (secondary N) is 1. The maximum Gasteiger partial charge on any atom is 0.360 e.